The van der Waals surface area contributed by atoms with Crippen LogP contribution < -0.4 is 9.47 Å². The SMILES string of the molecule is CCOC(=O)/C(=C/c1ccc(OC)c(OC(F)F)c1)c1nccn1Cc1ccccc1. The quantitative estimate of drug-likeness (QED) is 0.367. The third kappa shape index (κ3) is 5.69. The molecular formula is C23H22F2N2O4. The molecule has 1 heterocycles. The molecule has 0 bridgehead atoms. The Labute approximate surface area is 178 Å². The second-order valence-electron chi connectivity index (χ2n) is 6.43. The summed E-state index contributed by atoms with van der Waals surface area (Å²) >= 11 is 0. The molecule has 0 N–H and O–H groups in total. The van der Waals surface area contributed by atoms with Gasteiger partial charge >= 0.3 is 12.6 Å². The molecule has 0 aliphatic rings. The highest BCUT2D eigenvalue weighted by molar-refractivity contribution is 6.20. The van der Waals surface area contributed by atoms with Crippen LogP contribution in [0.25, 0.3) is 11.6 Å². The van der Waals surface area contributed by atoms with Gasteiger partial charge in [0, 0.05) is 18.9 Å². The molecule has 6 nitrogen and oxygen atoms in total. The van der Waals surface area contributed by atoms with Crippen LogP contribution in [0.1, 0.15) is 23.9 Å². The van der Waals surface area contributed by atoms with Crippen LogP contribution >= 0.6 is 0 Å². The molecular weight excluding hydrogens is 406 g/mol. The third-order valence-electron chi connectivity index (χ3n) is 4.36. The molecule has 0 atom stereocenters. The maximum absolute atomic E-state index is 12.8. The minimum absolute atomic E-state index is 0.137. The van der Waals surface area contributed by atoms with Gasteiger partial charge in [-0.1, -0.05) is 36.4 Å². The maximum Gasteiger partial charge on any atom is 0.387 e. The minimum atomic E-state index is -3.01. The number of ether oxygens (including phenoxy) is 3. The number of hydrogen-bond donors (Lipinski definition) is 0. The monoisotopic (exact) mass is 428 g/mol. The first-order chi connectivity index (χ1) is 15.0. The normalized spacial score (nSPS) is 11.5. The maximum atomic E-state index is 12.8. The van der Waals surface area contributed by atoms with Gasteiger partial charge in [0.05, 0.1) is 13.7 Å². The zero-order valence-electron chi connectivity index (χ0n) is 17.1. The summed E-state index contributed by atoms with van der Waals surface area (Å²) in [5, 5.41) is 0. The van der Waals surface area contributed by atoms with Gasteiger partial charge in [0.2, 0.25) is 0 Å². The number of alkyl halides is 2. The standard InChI is InChI=1S/C23H22F2N2O4/c1-3-30-22(28)18(13-17-9-10-19(29-2)20(14-17)31-23(24)25)21-26-11-12-27(21)15-16-7-5-4-6-8-16/h4-14,23H,3,15H2,1-2H3/b18-13+. The van der Waals surface area contributed by atoms with Crippen molar-refractivity contribution in [2.24, 2.45) is 0 Å². The number of methoxy groups -OCH3 is 1. The van der Waals surface area contributed by atoms with E-state index in [1.165, 1.54) is 25.3 Å². The molecule has 2 aromatic carbocycles. The lowest BCUT2D eigenvalue weighted by Gasteiger charge is -2.13. The van der Waals surface area contributed by atoms with Crippen molar-refractivity contribution in [1.29, 1.82) is 0 Å². The van der Waals surface area contributed by atoms with Crippen molar-refractivity contribution in [3.63, 3.8) is 0 Å². The Kier molecular flexibility index (Phi) is 7.37. The zero-order chi connectivity index (χ0) is 22.2. The second-order valence-corrected chi connectivity index (χ2v) is 6.43. The smallest absolute Gasteiger partial charge is 0.387 e. The van der Waals surface area contributed by atoms with E-state index in [1.807, 2.05) is 34.9 Å². The molecule has 3 aromatic rings. The summed E-state index contributed by atoms with van der Waals surface area (Å²) in [6.07, 6.45) is 4.87. The van der Waals surface area contributed by atoms with E-state index in [2.05, 4.69) is 9.72 Å². The van der Waals surface area contributed by atoms with Gasteiger partial charge in [-0.25, -0.2) is 9.78 Å². The number of esters is 1. The van der Waals surface area contributed by atoms with E-state index in [0.29, 0.717) is 17.9 Å². The summed E-state index contributed by atoms with van der Waals surface area (Å²) in [6.45, 7) is -0.636. The largest absolute Gasteiger partial charge is 0.493 e. The molecule has 0 amide bonds. The van der Waals surface area contributed by atoms with Gasteiger partial charge in [0.1, 0.15) is 11.4 Å². The highest BCUT2D eigenvalue weighted by Crippen LogP contribution is 2.31. The molecule has 0 saturated heterocycles. The van der Waals surface area contributed by atoms with Crippen LogP contribution in [0.4, 0.5) is 8.78 Å². The van der Waals surface area contributed by atoms with Gasteiger partial charge in [-0.2, -0.15) is 8.78 Å². The summed E-state index contributed by atoms with van der Waals surface area (Å²) in [5.41, 5.74) is 1.67. The van der Waals surface area contributed by atoms with Crippen molar-refractivity contribution in [3.05, 3.63) is 77.9 Å². The second kappa shape index (κ2) is 10.4. The van der Waals surface area contributed by atoms with E-state index in [-0.39, 0.29) is 23.7 Å². The van der Waals surface area contributed by atoms with Gasteiger partial charge in [-0.05, 0) is 36.3 Å². The summed E-state index contributed by atoms with van der Waals surface area (Å²) in [4.78, 5) is 17.1. The van der Waals surface area contributed by atoms with Crippen LogP contribution in [0.5, 0.6) is 11.5 Å². The number of imidazole rings is 1. The molecule has 8 heteroatoms. The van der Waals surface area contributed by atoms with Crippen molar-refractivity contribution < 1.29 is 27.8 Å². The lowest BCUT2D eigenvalue weighted by Crippen LogP contribution is -2.12. The van der Waals surface area contributed by atoms with Crippen LogP contribution in [0.3, 0.4) is 0 Å². The first-order valence-electron chi connectivity index (χ1n) is 9.59. The van der Waals surface area contributed by atoms with Crippen LogP contribution in [0.15, 0.2) is 60.9 Å². The fourth-order valence-corrected chi connectivity index (χ4v) is 3.02. The topological polar surface area (TPSA) is 62.6 Å². The first-order valence-corrected chi connectivity index (χ1v) is 9.59. The van der Waals surface area contributed by atoms with Gasteiger partial charge in [-0.3, -0.25) is 0 Å². The van der Waals surface area contributed by atoms with Gasteiger partial charge in [0.25, 0.3) is 0 Å². The average Bonchev–Trinajstić information content (AvgIpc) is 3.20. The number of hydrogen-bond acceptors (Lipinski definition) is 5. The first kappa shape index (κ1) is 22.0. The number of aromatic nitrogens is 2. The Bertz CT molecular complexity index is 1050. The number of carbonyl (C=O) groups excluding carboxylic acids is 1. The molecule has 0 radical (unpaired) electrons. The van der Waals surface area contributed by atoms with E-state index in [1.54, 1.807) is 25.4 Å². The molecule has 0 unspecified atom stereocenters. The predicted octanol–water partition coefficient (Wildman–Crippen LogP) is 4.65. The van der Waals surface area contributed by atoms with Crippen molar-refractivity contribution in [2.45, 2.75) is 20.1 Å². The van der Waals surface area contributed by atoms with E-state index < -0.39 is 12.6 Å². The van der Waals surface area contributed by atoms with Crippen LogP contribution in [0, 0.1) is 0 Å². The van der Waals surface area contributed by atoms with E-state index in [4.69, 9.17) is 9.47 Å². The summed E-state index contributed by atoms with van der Waals surface area (Å²) in [7, 11) is 1.35. The van der Waals surface area contributed by atoms with Gasteiger partial charge in [0.15, 0.2) is 11.5 Å². The molecule has 0 spiro atoms. The molecule has 0 aliphatic heterocycles. The molecule has 1 aromatic heterocycles. The fraction of sp³-hybridized carbons (Fsp3) is 0.217. The Morgan fingerprint density at radius 2 is 1.94 bits per heavy atom. The number of benzene rings is 2. The van der Waals surface area contributed by atoms with E-state index in [0.717, 1.165) is 5.56 Å². The molecule has 162 valence electrons. The summed E-state index contributed by atoms with van der Waals surface area (Å²) < 4.78 is 42.1. The van der Waals surface area contributed by atoms with Gasteiger partial charge in [-0.15, -0.1) is 0 Å². The van der Waals surface area contributed by atoms with E-state index in [9.17, 15) is 13.6 Å². The van der Waals surface area contributed by atoms with Crippen molar-refractivity contribution >= 4 is 17.6 Å². The lowest BCUT2D eigenvalue weighted by molar-refractivity contribution is -0.136. The molecule has 0 saturated carbocycles. The highest BCUT2D eigenvalue weighted by atomic mass is 19.3. The Balaban J connectivity index is 2.02. The van der Waals surface area contributed by atoms with Crippen LogP contribution in [-0.4, -0.2) is 35.8 Å². The molecule has 31 heavy (non-hydrogen) atoms. The minimum Gasteiger partial charge on any atom is -0.493 e. The number of rotatable bonds is 9. The fourth-order valence-electron chi connectivity index (χ4n) is 3.02. The Morgan fingerprint density at radius 3 is 2.61 bits per heavy atom. The summed E-state index contributed by atoms with van der Waals surface area (Å²) in [5.74, 6) is -0.160. The van der Waals surface area contributed by atoms with Crippen LogP contribution in [0.2, 0.25) is 0 Å². The van der Waals surface area contributed by atoms with Crippen molar-refractivity contribution in [1.82, 2.24) is 9.55 Å². The van der Waals surface area contributed by atoms with Crippen LogP contribution in [-0.2, 0) is 16.1 Å². The summed E-state index contributed by atoms with van der Waals surface area (Å²) in [6, 6.07) is 14.2. The highest BCUT2D eigenvalue weighted by Gasteiger charge is 2.20. The predicted molar refractivity (Wildman–Crippen MR) is 112 cm³/mol. The number of halogens is 2. The average molecular weight is 428 g/mol. The molecule has 0 fully saturated rings. The molecule has 0 aliphatic carbocycles. The van der Waals surface area contributed by atoms with E-state index >= 15 is 0 Å². The molecule has 3 rings (SSSR count). The number of carbonyl (C=O) groups is 1. The Morgan fingerprint density at radius 1 is 1.16 bits per heavy atom. The lowest BCUT2D eigenvalue weighted by atomic mass is 10.1. The van der Waals surface area contributed by atoms with Gasteiger partial charge < -0.3 is 18.8 Å². The number of nitrogens with zero attached hydrogens (tertiary/aromatic N) is 2. The van der Waals surface area contributed by atoms with Crippen molar-refractivity contribution in [2.75, 3.05) is 13.7 Å². The zero-order valence-corrected chi connectivity index (χ0v) is 17.1. The third-order valence-corrected chi connectivity index (χ3v) is 4.36. The van der Waals surface area contributed by atoms with Crippen molar-refractivity contribution in [3.8, 4) is 11.5 Å². The Hall–Kier alpha value is -3.68.